The van der Waals surface area contributed by atoms with Crippen molar-refractivity contribution in [2.24, 2.45) is 0 Å². The number of hydrogen-bond donors (Lipinski definition) is 0. The van der Waals surface area contributed by atoms with Crippen molar-refractivity contribution >= 4 is 32.8 Å². The van der Waals surface area contributed by atoms with Crippen LogP contribution in [-0.4, -0.2) is 18.8 Å². The van der Waals surface area contributed by atoms with E-state index >= 15 is 0 Å². The Morgan fingerprint density at radius 3 is 1.00 bits per heavy atom. The molecule has 4 heteroatoms. The molecule has 0 saturated heterocycles. The van der Waals surface area contributed by atoms with Crippen LogP contribution in [0, 0.1) is 0 Å². The largest absolute Gasteiger partial charge is 0.306 e. The van der Waals surface area contributed by atoms with Gasteiger partial charge in [-0.25, -0.2) is 9.97 Å². The zero-order valence-corrected chi connectivity index (χ0v) is 30.4. The van der Waals surface area contributed by atoms with Gasteiger partial charge in [-0.15, -0.1) is 0 Å². The number of benzene rings is 7. The monoisotopic (exact) mass is 714 g/mol. The smallest absolute Gasteiger partial charge is 0.138 e. The van der Waals surface area contributed by atoms with Crippen molar-refractivity contribution in [1.82, 2.24) is 18.8 Å². The van der Waals surface area contributed by atoms with Crippen molar-refractivity contribution in [3.63, 3.8) is 0 Å². The predicted molar refractivity (Wildman–Crippen MR) is 232 cm³/mol. The zero-order chi connectivity index (χ0) is 37.0. The molecule has 0 spiro atoms. The second-order valence-electron chi connectivity index (χ2n) is 14.3. The minimum absolute atomic E-state index is 0.932. The lowest BCUT2D eigenvalue weighted by atomic mass is 9.85. The van der Waals surface area contributed by atoms with Gasteiger partial charge in [-0.3, -0.25) is 0 Å². The predicted octanol–water partition coefficient (Wildman–Crippen LogP) is 13.3. The number of hydrogen-bond acceptors (Lipinski definition) is 2. The Labute approximate surface area is 324 Å². The minimum atomic E-state index is 0.932. The van der Waals surface area contributed by atoms with Gasteiger partial charge in [0.15, 0.2) is 0 Å². The Bertz CT molecular complexity index is 2940. The van der Waals surface area contributed by atoms with Gasteiger partial charge in [0.25, 0.3) is 0 Å². The molecule has 11 rings (SSSR count). The minimum Gasteiger partial charge on any atom is -0.306 e. The first-order valence-electron chi connectivity index (χ1n) is 19.0. The van der Waals surface area contributed by atoms with Gasteiger partial charge in [-0.05, 0) is 90.3 Å². The highest BCUT2D eigenvalue weighted by atomic mass is 15.0. The van der Waals surface area contributed by atoms with E-state index in [9.17, 15) is 0 Å². The van der Waals surface area contributed by atoms with Gasteiger partial charge in [0.2, 0.25) is 0 Å². The second-order valence-corrected chi connectivity index (χ2v) is 14.3. The Morgan fingerprint density at radius 2 is 0.625 bits per heavy atom. The van der Waals surface area contributed by atoms with E-state index in [1.54, 1.807) is 0 Å². The Hall–Kier alpha value is -7.56. The lowest BCUT2D eigenvalue weighted by molar-refractivity contribution is 1.19. The first-order valence-corrected chi connectivity index (χ1v) is 19.0. The summed E-state index contributed by atoms with van der Waals surface area (Å²) in [5.74, 6) is 0. The van der Waals surface area contributed by atoms with Crippen LogP contribution in [0.2, 0.25) is 0 Å². The normalized spacial score (nSPS) is 11.6. The van der Waals surface area contributed by atoms with E-state index in [1.165, 1.54) is 54.9 Å². The molecule has 0 aliphatic rings. The lowest BCUT2D eigenvalue weighted by Crippen LogP contribution is -1.91. The summed E-state index contributed by atoms with van der Waals surface area (Å²) in [5, 5.41) is 4.92. The summed E-state index contributed by atoms with van der Waals surface area (Å²) >= 11 is 0. The first-order chi connectivity index (χ1) is 27.7. The molecule has 0 aliphatic heterocycles. The highest BCUT2D eigenvalue weighted by Gasteiger charge is 2.17. The Kier molecular flexibility index (Phi) is 7.46. The molecular formula is C52H34N4. The van der Waals surface area contributed by atoms with Crippen LogP contribution in [0.4, 0.5) is 0 Å². The summed E-state index contributed by atoms with van der Waals surface area (Å²) in [6.45, 7) is 0. The molecule has 0 saturated carbocycles. The highest BCUT2D eigenvalue weighted by Crippen LogP contribution is 2.44. The Balaban J connectivity index is 0.955. The van der Waals surface area contributed by atoms with Crippen LogP contribution in [0.15, 0.2) is 207 Å². The average molecular weight is 715 g/mol. The highest BCUT2D eigenvalue weighted by molar-refractivity contribution is 6.21. The molecule has 4 heterocycles. The van der Waals surface area contributed by atoms with Crippen molar-refractivity contribution < 1.29 is 0 Å². The summed E-state index contributed by atoms with van der Waals surface area (Å²) < 4.78 is 4.20. The van der Waals surface area contributed by atoms with Crippen molar-refractivity contribution in [3.05, 3.63) is 207 Å². The molecule has 0 N–H and O–H groups in total. The molecule has 0 bridgehead atoms. The zero-order valence-electron chi connectivity index (χ0n) is 30.4. The van der Waals surface area contributed by atoms with Crippen molar-refractivity contribution in [2.45, 2.75) is 0 Å². The number of aromatic nitrogens is 4. The molecular weight excluding hydrogens is 681 g/mol. The van der Waals surface area contributed by atoms with E-state index < -0.39 is 0 Å². The Morgan fingerprint density at radius 1 is 0.286 bits per heavy atom. The summed E-state index contributed by atoms with van der Waals surface area (Å²) in [6.07, 6.45) is 8.41. The van der Waals surface area contributed by atoms with Crippen molar-refractivity contribution in [1.29, 1.82) is 0 Å². The van der Waals surface area contributed by atoms with E-state index in [0.717, 1.165) is 44.9 Å². The van der Waals surface area contributed by atoms with E-state index in [4.69, 9.17) is 9.97 Å². The molecule has 11 aromatic rings. The van der Waals surface area contributed by atoms with Gasteiger partial charge < -0.3 is 8.80 Å². The van der Waals surface area contributed by atoms with E-state index in [1.807, 2.05) is 12.1 Å². The van der Waals surface area contributed by atoms with Crippen LogP contribution in [-0.2, 0) is 0 Å². The van der Waals surface area contributed by atoms with Crippen LogP contribution in [0.25, 0.3) is 99.9 Å². The molecule has 0 atom stereocenters. The molecule has 4 aromatic heterocycles. The van der Waals surface area contributed by atoms with Gasteiger partial charge in [-0.1, -0.05) is 158 Å². The van der Waals surface area contributed by atoms with Gasteiger partial charge in [-0.2, -0.15) is 0 Å². The maximum atomic E-state index is 5.03. The average Bonchev–Trinajstić information content (AvgIpc) is 3.91. The second kappa shape index (κ2) is 13.1. The quantitative estimate of drug-likeness (QED) is 0.161. The molecule has 0 aliphatic carbocycles. The number of pyridine rings is 2. The fourth-order valence-electron chi connectivity index (χ4n) is 8.23. The third kappa shape index (κ3) is 5.47. The molecule has 262 valence electrons. The summed E-state index contributed by atoms with van der Waals surface area (Å²) in [5.41, 5.74) is 15.5. The van der Waals surface area contributed by atoms with Crippen LogP contribution < -0.4 is 0 Å². The summed E-state index contributed by atoms with van der Waals surface area (Å²) in [7, 11) is 0. The van der Waals surface area contributed by atoms with Gasteiger partial charge in [0.1, 0.15) is 11.3 Å². The van der Waals surface area contributed by atoms with Gasteiger partial charge in [0.05, 0.1) is 11.4 Å². The fourth-order valence-corrected chi connectivity index (χ4v) is 8.23. The molecule has 4 nitrogen and oxygen atoms in total. The van der Waals surface area contributed by atoms with E-state index in [0.29, 0.717) is 0 Å². The van der Waals surface area contributed by atoms with Gasteiger partial charge in [0, 0.05) is 35.9 Å². The van der Waals surface area contributed by atoms with Crippen LogP contribution in [0.3, 0.4) is 0 Å². The number of rotatable bonds is 6. The van der Waals surface area contributed by atoms with E-state index in [-0.39, 0.29) is 0 Å². The fraction of sp³-hybridized carbons (Fsp3) is 0. The topological polar surface area (TPSA) is 34.6 Å². The van der Waals surface area contributed by atoms with Crippen LogP contribution >= 0.6 is 0 Å². The number of fused-ring (bicyclic) bond motifs is 4. The SMILES string of the molecule is c1ccc(-c2ccn3cc(-c4ccc(-c5c6ccccc6c(-c6ccc(-c7cn8ccc(-c9ccccc9)cc8n7)cc6)c6ccccc56)cc4)nc3c2)cc1. The van der Waals surface area contributed by atoms with Crippen LogP contribution in [0.5, 0.6) is 0 Å². The summed E-state index contributed by atoms with van der Waals surface area (Å²) in [6, 6.07) is 64.9. The molecule has 0 unspecified atom stereocenters. The number of imidazole rings is 2. The lowest BCUT2D eigenvalue weighted by Gasteiger charge is -2.18. The summed E-state index contributed by atoms with van der Waals surface area (Å²) in [4.78, 5) is 10.1. The standard InChI is InChI=1S/C52H34N4/c1-3-11-35(12-4-1)41-27-29-55-33-47(53-49(55)31-41)37-19-23-39(24-20-37)51-43-15-7-9-17-45(43)52(46-18-10-8-16-44(46)51)40-25-21-38(22-26-40)48-34-56-30-28-42(32-50(56)54-48)36-13-5-2-6-14-36/h1-34H. The maximum absolute atomic E-state index is 5.03. The molecule has 0 amide bonds. The molecule has 0 radical (unpaired) electrons. The van der Waals surface area contributed by atoms with Gasteiger partial charge >= 0.3 is 0 Å². The van der Waals surface area contributed by atoms with Crippen molar-refractivity contribution in [3.8, 4) is 67.0 Å². The van der Waals surface area contributed by atoms with Crippen molar-refractivity contribution in [2.75, 3.05) is 0 Å². The van der Waals surface area contributed by atoms with E-state index in [2.05, 4.69) is 203 Å². The third-order valence-electron chi connectivity index (χ3n) is 11.0. The third-order valence-corrected chi connectivity index (χ3v) is 11.0. The maximum Gasteiger partial charge on any atom is 0.138 e. The van der Waals surface area contributed by atoms with Crippen LogP contribution in [0.1, 0.15) is 0 Å². The molecule has 0 fully saturated rings. The molecule has 7 aromatic carbocycles. The first kappa shape index (κ1) is 31.9. The molecule has 56 heavy (non-hydrogen) atoms. The number of nitrogens with zero attached hydrogens (tertiary/aromatic N) is 4.